The second-order valence-corrected chi connectivity index (χ2v) is 5.15. The van der Waals surface area contributed by atoms with Gasteiger partial charge in [0.25, 0.3) is 0 Å². The molecule has 0 fully saturated rings. The Bertz CT molecular complexity index is 751. The summed E-state index contributed by atoms with van der Waals surface area (Å²) in [5.74, 6) is 0.816. The minimum Gasteiger partial charge on any atom is -0.298 e. The van der Waals surface area contributed by atoms with Gasteiger partial charge in [0.15, 0.2) is 11.9 Å². The van der Waals surface area contributed by atoms with E-state index in [0.29, 0.717) is 12.0 Å². The predicted molar refractivity (Wildman–Crippen MR) is 75.3 cm³/mol. The van der Waals surface area contributed by atoms with Crippen molar-refractivity contribution in [2.24, 2.45) is 0 Å². The summed E-state index contributed by atoms with van der Waals surface area (Å²) in [5.41, 5.74) is 2.50. The van der Waals surface area contributed by atoms with Crippen LogP contribution in [0.3, 0.4) is 0 Å². The Morgan fingerprint density at radius 3 is 2.89 bits per heavy atom. The second kappa shape index (κ2) is 4.93. The highest BCUT2D eigenvalue weighted by Gasteiger charge is 2.07. The minimum absolute atomic E-state index is 0.614. The molecule has 0 aliphatic heterocycles. The number of carbonyl (C=O) groups is 1. The summed E-state index contributed by atoms with van der Waals surface area (Å²) in [5, 5.41) is 8.28. The molecule has 0 atom stereocenters. The van der Waals surface area contributed by atoms with Gasteiger partial charge in [-0.1, -0.05) is 28.1 Å². The molecule has 94 valence electrons. The van der Waals surface area contributed by atoms with Crippen LogP contribution in [0.15, 0.2) is 47.1 Å². The van der Waals surface area contributed by atoms with E-state index in [0.717, 1.165) is 27.8 Å². The molecule has 0 unspecified atom stereocenters. The highest BCUT2D eigenvalue weighted by molar-refractivity contribution is 9.10. The molecule has 2 aromatic heterocycles. The summed E-state index contributed by atoms with van der Waals surface area (Å²) in [4.78, 5) is 10.8. The molecule has 1 aromatic carbocycles. The summed E-state index contributed by atoms with van der Waals surface area (Å²) in [6.07, 6.45) is 3.25. The van der Waals surface area contributed by atoms with Gasteiger partial charge in [0.2, 0.25) is 0 Å². The van der Waals surface area contributed by atoms with Gasteiger partial charge in [0.1, 0.15) is 5.82 Å². The number of halogens is 1. The number of benzene rings is 1. The van der Waals surface area contributed by atoms with E-state index >= 15 is 0 Å². The molecule has 4 nitrogen and oxygen atoms in total. The van der Waals surface area contributed by atoms with E-state index in [1.807, 2.05) is 28.7 Å². The number of rotatable bonds is 3. The molecule has 0 amide bonds. The Morgan fingerprint density at radius 2 is 2.11 bits per heavy atom. The molecule has 3 aromatic rings. The molecule has 3 rings (SSSR count). The zero-order valence-electron chi connectivity index (χ0n) is 9.95. The average Bonchev–Trinajstić information content (AvgIpc) is 2.81. The fourth-order valence-electron chi connectivity index (χ4n) is 1.97. The molecule has 0 aliphatic carbocycles. The van der Waals surface area contributed by atoms with E-state index in [9.17, 15) is 4.79 Å². The number of hydrogen-bond donors (Lipinski definition) is 0. The Balaban J connectivity index is 2.03. The highest BCUT2D eigenvalue weighted by Crippen LogP contribution is 2.15. The molecular formula is C14H10BrN3O. The van der Waals surface area contributed by atoms with E-state index in [1.165, 1.54) is 0 Å². The topological polar surface area (TPSA) is 47.3 Å². The van der Waals surface area contributed by atoms with Crippen molar-refractivity contribution >= 4 is 27.9 Å². The molecule has 5 heteroatoms. The fourth-order valence-corrected chi connectivity index (χ4v) is 2.42. The van der Waals surface area contributed by atoms with Gasteiger partial charge >= 0.3 is 0 Å². The van der Waals surface area contributed by atoms with E-state index in [2.05, 4.69) is 26.1 Å². The third-order valence-electron chi connectivity index (χ3n) is 2.88. The van der Waals surface area contributed by atoms with Crippen LogP contribution in [0, 0.1) is 0 Å². The Labute approximate surface area is 118 Å². The number of carbonyl (C=O) groups excluding carboxylic acids is 1. The summed E-state index contributed by atoms with van der Waals surface area (Å²) < 4.78 is 2.89. The number of nitrogens with zero attached hydrogens (tertiary/aromatic N) is 3. The number of fused-ring (bicyclic) bond motifs is 1. The van der Waals surface area contributed by atoms with E-state index < -0.39 is 0 Å². The monoisotopic (exact) mass is 315 g/mol. The van der Waals surface area contributed by atoms with E-state index in [-0.39, 0.29) is 0 Å². The molecule has 0 aliphatic rings. The van der Waals surface area contributed by atoms with Crippen LogP contribution in [-0.2, 0) is 6.42 Å². The fraction of sp³-hybridized carbons (Fsp3) is 0.0714. The summed E-state index contributed by atoms with van der Waals surface area (Å²) in [6, 6.07) is 11.6. The number of aromatic nitrogens is 3. The summed E-state index contributed by atoms with van der Waals surface area (Å²) in [7, 11) is 0. The van der Waals surface area contributed by atoms with Crippen LogP contribution in [0.1, 0.15) is 21.7 Å². The molecule has 0 radical (unpaired) electrons. The van der Waals surface area contributed by atoms with Crippen molar-refractivity contribution in [1.29, 1.82) is 0 Å². The first kappa shape index (κ1) is 12.0. The normalized spacial score (nSPS) is 10.8. The smallest absolute Gasteiger partial charge is 0.160 e. The SMILES string of the molecule is O=Cc1ccc2nnc(Cc3cccc(Br)c3)n2c1. The van der Waals surface area contributed by atoms with Gasteiger partial charge in [-0.15, -0.1) is 10.2 Å². The maximum Gasteiger partial charge on any atom is 0.160 e. The molecule has 0 N–H and O–H groups in total. The Hall–Kier alpha value is -2.01. The lowest BCUT2D eigenvalue weighted by Crippen LogP contribution is -1.97. The van der Waals surface area contributed by atoms with Gasteiger partial charge in [-0.25, -0.2) is 0 Å². The van der Waals surface area contributed by atoms with Crippen LogP contribution < -0.4 is 0 Å². The van der Waals surface area contributed by atoms with Crippen molar-refractivity contribution in [2.75, 3.05) is 0 Å². The lowest BCUT2D eigenvalue weighted by molar-refractivity contribution is 0.112. The maximum atomic E-state index is 10.8. The van der Waals surface area contributed by atoms with E-state index in [1.54, 1.807) is 18.3 Å². The van der Waals surface area contributed by atoms with Gasteiger partial charge in [-0.05, 0) is 29.8 Å². The van der Waals surface area contributed by atoms with Gasteiger partial charge in [0.05, 0.1) is 0 Å². The molecule has 0 saturated heterocycles. The predicted octanol–water partition coefficient (Wildman–Crippen LogP) is 2.90. The maximum absolute atomic E-state index is 10.8. The zero-order valence-corrected chi connectivity index (χ0v) is 11.5. The van der Waals surface area contributed by atoms with Crippen molar-refractivity contribution in [1.82, 2.24) is 14.6 Å². The van der Waals surface area contributed by atoms with Crippen molar-refractivity contribution < 1.29 is 4.79 Å². The van der Waals surface area contributed by atoms with Crippen molar-refractivity contribution in [3.8, 4) is 0 Å². The second-order valence-electron chi connectivity index (χ2n) is 4.23. The summed E-state index contributed by atoms with van der Waals surface area (Å²) in [6.45, 7) is 0. The lowest BCUT2D eigenvalue weighted by atomic mass is 10.1. The van der Waals surface area contributed by atoms with Crippen molar-refractivity contribution in [3.05, 3.63) is 64.0 Å². The first-order chi connectivity index (χ1) is 9.26. The summed E-state index contributed by atoms with van der Waals surface area (Å²) >= 11 is 3.45. The quantitative estimate of drug-likeness (QED) is 0.698. The van der Waals surface area contributed by atoms with Crippen LogP contribution in [0.2, 0.25) is 0 Å². The Morgan fingerprint density at radius 1 is 1.21 bits per heavy atom. The molecule has 2 heterocycles. The minimum atomic E-state index is 0.614. The zero-order chi connectivity index (χ0) is 13.2. The number of aldehydes is 1. The van der Waals surface area contributed by atoms with Crippen molar-refractivity contribution in [2.45, 2.75) is 6.42 Å². The highest BCUT2D eigenvalue weighted by atomic mass is 79.9. The van der Waals surface area contributed by atoms with Crippen LogP contribution >= 0.6 is 15.9 Å². The Kier molecular flexibility index (Phi) is 3.13. The van der Waals surface area contributed by atoms with Crippen LogP contribution in [0.5, 0.6) is 0 Å². The van der Waals surface area contributed by atoms with Crippen LogP contribution in [-0.4, -0.2) is 20.9 Å². The van der Waals surface area contributed by atoms with Gasteiger partial charge in [-0.3, -0.25) is 9.20 Å². The lowest BCUT2D eigenvalue weighted by Gasteiger charge is -2.02. The average molecular weight is 316 g/mol. The van der Waals surface area contributed by atoms with E-state index in [4.69, 9.17) is 0 Å². The van der Waals surface area contributed by atoms with Gasteiger partial charge in [0, 0.05) is 22.7 Å². The van der Waals surface area contributed by atoms with Gasteiger partial charge in [-0.2, -0.15) is 0 Å². The number of pyridine rings is 1. The molecule has 0 saturated carbocycles. The molecule has 0 spiro atoms. The first-order valence-electron chi connectivity index (χ1n) is 5.79. The van der Waals surface area contributed by atoms with Crippen LogP contribution in [0.25, 0.3) is 5.65 Å². The first-order valence-corrected chi connectivity index (χ1v) is 6.59. The van der Waals surface area contributed by atoms with Crippen molar-refractivity contribution in [3.63, 3.8) is 0 Å². The third kappa shape index (κ3) is 2.42. The largest absolute Gasteiger partial charge is 0.298 e. The molecule has 19 heavy (non-hydrogen) atoms. The standard InChI is InChI=1S/C14H10BrN3O/c15-12-3-1-2-10(6-12)7-14-17-16-13-5-4-11(9-19)8-18(13)14/h1-6,8-9H,7H2. The molecule has 0 bridgehead atoms. The third-order valence-corrected chi connectivity index (χ3v) is 3.38. The van der Waals surface area contributed by atoms with Crippen LogP contribution in [0.4, 0.5) is 0 Å². The van der Waals surface area contributed by atoms with Gasteiger partial charge < -0.3 is 0 Å². The molecular weight excluding hydrogens is 306 g/mol. The number of hydrogen-bond acceptors (Lipinski definition) is 3.